The van der Waals surface area contributed by atoms with E-state index in [2.05, 4.69) is 33.8 Å². The van der Waals surface area contributed by atoms with Gasteiger partial charge in [0.2, 0.25) is 5.91 Å². The van der Waals surface area contributed by atoms with Crippen LogP contribution in [0.1, 0.15) is 48.7 Å². The number of carboxylic acid groups (broad SMARTS) is 1. The molecule has 31 heavy (non-hydrogen) atoms. The summed E-state index contributed by atoms with van der Waals surface area (Å²) < 4.78 is 2.16. The Morgan fingerprint density at radius 3 is 2.29 bits per heavy atom. The highest BCUT2D eigenvalue weighted by Gasteiger charge is 2.31. The van der Waals surface area contributed by atoms with E-state index in [1.54, 1.807) is 4.90 Å². The van der Waals surface area contributed by atoms with Gasteiger partial charge in [0, 0.05) is 19.9 Å². The number of carbonyl (C=O) groups is 2. The Morgan fingerprint density at radius 1 is 1.10 bits per heavy atom. The topological polar surface area (TPSA) is 114 Å². The van der Waals surface area contributed by atoms with Crippen molar-refractivity contribution in [3.05, 3.63) is 83.4 Å². The first-order valence-corrected chi connectivity index (χ1v) is 10.1. The Morgan fingerprint density at radius 2 is 1.68 bits per heavy atom. The van der Waals surface area contributed by atoms with Gasteiger partial charge in [-0.05, 0) is 18.1 Å². The standard InChI is InChI=1S/C21H23N5O.C2H4O2/c1-15-13-25(21(27)20(22)17-10-6-3-7-11-17)14-19-24-23-18(26(15)19)12-16-8-4-2-5-9-16;1-2(3)4/h2-11,15,20H,12-14,22H2,1H3;1H3,(H,3,4)/t15-,20-;/m0./s1. The second-order valence-corrected chi connectivity index (χ2v) is 7.54. The number of amides is 1. The number of nitrogens with two attached hydrogens (primary N) is 1. The number of benzene rings is 2. The lowest BCUT2D eigenvalue weighted by Gasteiger charge is -2.34. The molecule has 8 nitrogen and oxygen atoms in total. The molecule has 2 atom stereocenters. The minimum atomic E-state index is -0.833. The number of carbonyl (C=O) groups excluding carboxylic acids is 1. The molecule has 1 aliphatic rings. The molecule has 0 spiro atoms. The lowest BCUT2D eigenvalue weighted by molar-refractivity contribution is -0.135. The van der Waals surface area contributed by atoms with Crippen molar-refractivity contribution in [3.63, 3.8) is 0 Å². The van der Waals surface area contributed by atoms with Crippen molar-refractivity contribution < 1.29 is 14.7 Å². The highest BCUT2D eigenvalue weighted by Crippen LogP contribution is 2.25. The molecule has 1 aliphatic heterocycles. The smallest absolute Gasteiger partial charge is 0.300 e. The fraction of sp³-hybridized carbons (Fsp3) is 0.304. The van der Waals surface area contributed by atoms with Gasteiger partial charge in [0.1, 0.15) is 11.9 Å². The predicted molar refractivity (Wildman–Crippen MR) is 116 cm³/mol. The van der Waals surface area contributed by atoms with Gasteiger partial charge in [0.05, 0.1) is 12.6 Å². The summed E-state index contributed by atoms with van der Waals surface area (Å²) in [5.74, 6) is 0.836. The molecule has 1 aromatic heterocycles. The van der Waals surface area contributed by atoms with Gasteiger partial charge in [-0.25, -0.2) is 0 Å². The first-order chi connectivity index (χ1) is 14.9. The van der Waals surface area contributed by atoms with E-state index in [0.29, 0.717) is 13.1 Å². The van der Waals surface area contributed by atoms with Crippen LogP contribution >= 0.6 is 0 Å². The van der Waals surface area contributed by atoms with Gasteiger partial charge < -0.3 is 20.3 Å². The molecule has 0 saturated carbocycles. The predicted octanol–water partition coefficient (Wildman–Crippen LogP) is 2.56. The second kappa shape index (κ2) is 9.99. The minimum absolute atomic E-state index is 0.0769. The molecule has 0 unspecified atom stereocenters. The zero-order chi connectivity index (χ0) is 22.4. The monoisotopic (exact) mass is 421 g/mol. The lowest BCUT2D eigenvalue weighted by atomic mass is 10.1. The molecule has 0 fully saturated rings. The number of aromatic nitrogens is 3. The summed E-state index contributed by atoms with van der Waals surface area (Å²) in [5, 5.41) is 16.1. The molecule has 2 heterocycles. The summed E-state index contributed by atoms with van der Waals surface area (Å²) in [5.41, 5.74) is 8.23. The van der Waals surface area contributed by atoms with Crippen LogP contribution in [0.2, 0.25) is 0 Å². The number of carboxylic acids is 1. The molecule has 0 saturated heterocycles. The third kappa shape index (κ3) is 5.55. The first kappa shape index (κ1) is 22.2. The van der Waals surface area contributed by atoms with Gasteiger partial charge in [-0.15, -0.1) is 10.2 Å². The van der Waals surface area contributed by atoms with Gasteiger partial charge in [-0.3, -0.25) is 9.59 Å². The minimum Gasteiger partial charge on any atom is -0.481 e. The summed E-state index contributed by atoms with van der Waals surface area (Å²) in [6.07, 6.45) is 0.732. The summed E-state index contributed by atoms with van der Waals surface area (Å²) >= 11 is 0. The van der Waals surface area contributed by atoms with Crippen molar-refractivity contribution in [2.45, 2.75) is 38.9 Å². The van der Waals surface area contributed by atoms with Crippen LogP contribution in [0.25, 0.3) is 0 Å². The number of fused-ring (bicyclic) bond motifs is 1. The van der Waals surface area contributed by atoms with Crippen molar-refractivity contribution in [2.75, 3.05) is 6.54 Å². The Kier molecular flexibility index (Phi) is 7.15. The van der Waals surface area contributed by atoms with Crippen LogP contribution in [0.15, 0.2) is 60.7 Å². The molecule has 1 amide bonds. The second-order valence-electron chi connectivity index (χ2n) is 7.54. The van der Waals surface area contributed by atoms with Crippen molar-refractivity contribution >= 4 is 11.9 Å². The van der Waals surface area contributed by atoms with E-state index >= 15 is 0 Å². The quantitative estimate of drug-likeness (QED) is 0.669. The molecule has 2 aromatic carbocycles. The Labute approximate surface area is 181 Å². The number of rotatable bonds is 4. The van der Waals surface area contributed by atoms with Crippen molar-refractivity contribution in [2.24, 2.45) is 5.73 Å². The van der Waals surface area contributed by atoms with Gasteiger partial charge >= 0.3 is 0 Å². The van der Waals surface area contributed by atoms with Gasteiger partial charge in [0.15, 0.2) is 5.82 Å². The zero-order valence-corrected chi connectivity index (χ0v) is 17.7. The van der Waals surface area contributed by atoms with E-state index in [-0.39, 0.29) is 11.9 Å². The maximum absolute atomic E-state index is 12.9. The average molecular weight is 422 g/mol. The van der Waals surface area contributed by atoms with Crippen LogP contribution in [-0.2, 0) is 22.6 Å². The average Bonchev–Trinajstić information content (AvgIpc) is 3.17. The maximum atomic E-state index is 12.9. The van der Waals surface area contributed by atoms with E-state index in [1.165, 1.54) is 5.56 Å². The van der Waals surface area contributed by atoms with Crippen molar-refractivity contribution in [1.82, 2.24) is 19.7 Å². The molecular formula is C23H27N5O3. The highest BCUT2D eigenvalue weighted by atomic mass is 16.4. The molecule has 0 radical (unpaired) electrons. The number of hydrogen-bond acceptors (Lipinski definition) is 5. The lowest BCUT2D eigenvalue weighted by Crippen LogP contribution is -2.44. The Hall–Kier alpha value is -3.52. The van der Waals surface area contributed by atoms with Crippen LogP contribution in [0, 0.1) is 0 Å². The molecule has 4 rings (SSSR count). The van der Waals surface area contributed by atoms with E-state index in [4.69, 9.17) is 15.6 Å². The van der Waals surface area contributed by atoms with Crippen LogP contribution < -0.4 is 5.73 Å². The molecule has 8 heteroatoms. The molecule has 0 bridgehead atoms. The molecule has 3 N–H and O–H groups in total. The van der Waals surface area contributed by atoms with Crippen molar-refractivity contribution in [1.29, 1.82) is 0 Å². The highest BCUT2D eigenvalue weighted by molar-refractivity contribution is 5.83. The first-order valence-electron chi connectivity index (χ1n) is 10.1. The fourth-order valence-corrected chi connectivity index (χ4v) is 3.68. The molecule has 162 valence electrons. The van der Waals surface area contributed by atoms with Gasteiger partial charge in [0.25, 0.3) is 5.97 Å². The SMILES string of the molecule is CC(=O)O.C[C@H]1CN(C(=O)[C@@H](N)c2ccccc2)Cc2nnc(Cc3ccccc3)n21. The summed E-state index contributed by atoms with van der Waals surface area (Å²) in [4.78, 5) is 23.7. The van der Waals surface area contributed by atoms with Crippen LogP contribution in [0.4, 0.5) is 0 Å². The van der Waals surface area contributed by atoms with E-state index in [1.807, 2.05) is 48.5 Å². The Balaban J connectivity index is 0.000000628. The summed E-state index contributed by atoms with van der Waals surface area (Å²) in [6.45, 7) is 4.21. The van der Waals surface area contributed by atoms with E-state index in [9.17, 15) is 4.79 Å². The number of nitrogens with zero attached hydrogens (tertiary/aromatic N) is 4. The maximum Gasteiger partial charge on any atom is 0.300 e. The van der Waals surface area contributed by atoms with Crippen molar-refractivity contribution in [3.8, 4) is 0 Å². The zero-order valence-electron chi connectivity index (χ0n) is 17.7. The van der Waals surface area contributed by atoms with E-state index < -0.39 is 12.0 Å². The van der Waals surface area contributed by atoms with Crippen LogP contribution in [0.5, 0.6) is 0 Å². The van der Waals surface area contributed by atoms with E-state index in [0.717, 1.165) is 30.6 Å². The third-order valence-electron chi connectivity index (χ3n) is 5.04. The van der Waals surface area contributed by atoms with Crippen LogP contribution in [-0.4, -0.2) is 43.2 Å². The molecular weight excluding hydrogens is 394 g/mol. The number of aliphatic carboxylic acids is 1. The van der Waals surface area contributed by atoms with Gasteiger partial charge in [-0.2, -0.15) is 0 Å². The number of hydrogen-bond donors (Lipinski definition) is 2. The molecule has 3 aromatic rings. The molecule has 0 aliphatic carbocycles. The summed E-state index contributed by atoms with van der Waals surface area (Å²) in [7, 11) is 0. The largest absolute Gasteiger partial charge is 0.481 e. The normalized spacial score (nSPS) is 16.0. The third-order valence-corrected chi connectivity index (χ3v) is 5.04. The summed E-state index contributed by atoms with van der Waals surface area (Å²) in [6, 6.07) is 19.2. The fourth-order valence-electron chi connectivity index (χ4n) is 3.68. The van der Waals surface area contributed by atoms with Gasteiger partial charge in [-0.1, -0.05) is 60.7 Å². The van der Waals surface area contributed by atoms with Crippen LogP contribution in [0.3, 0.4) is 0 Å². The Bertz CT molecular complexity index is 1020.